The molecule has 1 aromatic rings. The van der Waals surface area contributed by atoms with Gasteiger partial charge in [-0.05, 0) is 49.1 Å². The molecule has 1 heterocycles. The van der Waals surface area contributed by atoms with E-state index in [0.29, 0.717) is 12.5 Å². The van der Waals surface area contributed by atoms with Crippen LogP contribution in [0.1, 0.15) is 30.9 Å². The van der Waals surface area contributed by atoms with Gasteiger partial charge < -0.3 is 10.8 Å². The van der Waals surface area contributed by atoms with Crippen molar-refractivity contribution in [3.8, 4) is 0 Å². The molecule has 1 aromatic heterocycles. The lowest BCUT2D eigenvalue weighted by atomic mass is 9.85. The summed E-state index contributed by atoms with van der Waals surface area (Å²) in [5.74, 6) is 2.24. The molecule has 4 unspecified atom stereocenters. The highest BCUT2D eigenvalue weighted by atomic mass is 16.3. The molecule has 4 atom stereocenters. The van der Waals surface area contributed by atoms with Gasteiger partial charge in [0.15, 0.2) is 0 Å². The Morgan fingerprint density at radius 1 is 1.29 bits per heavy atom. The van der Waals surface area contributed by atoms with Crippen molar-refractivity contribution in [2.24, 2.45) is 23.5 Å². The Balaban J connectivity index is 1.72. The van der Waals surface area contributed by atoms with Crippen LogP contribution in [0.25, 0.3) is 0 Å². The number of rotatable bonds is 4. The molecule has 3 rings (SSSR count). The summed E-state index contributed by atoms with van der Waals surface area (Å²) in [4.78, 5) is 4.33. The number of aliphatic hydroxyl groups is 1. The second-order valence-electron chi connectivity index (χ2n) is 5.57. The number of nitrogens with two attached hydrogens (primary N) is 1. The third-order valence-corrected chi connectivity index (χ3v) is 4.50. The quantitative estimate of drug-likeness (QED) is 0.827. The Bertz CT molecular complexity index is 371. The summed E-state index contributed by atoms with van der Waals surface area (Å²) in [7, 11) is 0. The molecule has 17 heavy (non-hydrogen) atoms. The predicted octanol–water partition coefficient (Wildman–Crippen LogP) is 1.53. The summed E-state index contributed by atoms with van der Waals surface area (Å²) in [5, 5.41) is 10.5. The Morgan fingerprint density at radius 2 is 2.06 bits per heavy atom. The second-order valence-corrected chi connectivity index (χ2v) is 5.57. The lowest BCUT2D eigenvalue weighted by Gasteiger charge is -2.27. The summed E-state index contributed by atoms with van der Waals surface area (Å²) in [6.07, 6.45) is 5.23. The fraction of sp³-hybridized carbons (Fsp3) is 0.643. The van der Waals surface area contributed by atoms with Crippen LogP contribution in [0.3, 0.4) is 0 Å². The minimum Gasteiger partial charge on any atom is -0.392 e. The summed E-state index contributed by atoms with van der Waals surface area (Å²) in [5.41, 5.74) is 6.75. The first-order valence-corrected chi connectivity index (χ1v) is 6.58. The maximum Gasteiger partial charge on any atom is 0.0664 e. The average Bonchev–Trinajstić information content (AvgIpc) is 2.98. The van der Waals surface area contributed by atoms with Crippen molar-refractivity contribution in [3.63, 3.8) is 0 Å². The zero-order chi connectivity index (χ0) is 11.8. The number of pyridine rings is 1. The second kappa shape index (κ2) is 4.39. The van der Waals surface area contributed by atoms with E-state index in [9.17, 15) is 5.11 Å². The van der Waals surface area contributed by atoms with Crippen molar-refractivity contribution in [1.82, 2.24) is 4.98 Å². The fourth-order valence-corrected chi connectivity index (χ4v) is 3.40. The number of aliphatic hydroxyl groups excluding tert-OH is 1. The van der Waals surface area contributed by atoms with E-state index in [1.165, 1.54) is 19.3 Å². The smallest absolute Gasteiger partial charge is 0.0664 e. The van der Waals surface area contributed by atoms with E-state index in [2.05, 4.69) is 4.98 Å². The van der Waals surface area contributed by atoms with E-state index in [0.717, 1.165) is 17.5 Å². The number of nitrogens with zero attached hydrogens (tertiary/aromatic N) is 1. The van der Waals surface area contributed by atoms with Crippen LogP contribution in [0, 0.1) is 17.8 Å². The lowest BCUT2D eigenvalue weighted by molar-refractivity contribution is 0.0777. The molecule has 2 aliphatic carbocycles. The summed E-state index contributed by atoms with van der Waals surface area (Å²) < 4.78 is 0. The number of fused-ring (bicyclic) bond motifs is 1. The third kappa shape index (κ3) is 2.09. The van der Waals surface area contributed by atoms with E-state index in [1.807, 2.05) is 18.2 Å². The molecule has 3 nitrogen and oxygen atoms in total. The van der Waals surface area contributed by atoms with Crippen molar-refractivity contribution in [3.05, 3.63) is 30.1 Å². The van der Waals surface area contributed by atoms with E-state index < -0.39 is 0 Å². The molecule has 92 valence electrons. The molecular weight excluding hydrogens is 212 g/mol. The maximum absolute atomic E-state index is 10.5. The molecule has 0 aliphatic heterocycles. The minimum atomic E-state index is -0.317. The topological polar surface area (TPSA) is 59.1 Å². The minimum absolute atomic E-state index is 0.00120. The number of aromatic nitrogens is 1. The van der Waals surface area contributed by atoms with Crippen molar-refractivity contribution in [1.29, 1.82) is 0 Å². The molecule has 0 saturated heterocycles. The summed E-state index contributed by atoms with van der Waals surface area (Å²) in [6.45, 7) is 0.476. The van der Waals surface area contributed by atoms with Gasteiger partial charge in [-0.25, -0.2) is 0 Å². The molecule has 2 saturated carbocycles. The van der Waals surface area contributed by atoms with Gasteiger partial charge in [0.1, 0.15) is 0 Å². The molecule has 0 amide bonds. The molecule has 0 spiro atoms. The zero-order valence-electron chi connectivity index (χ0n) is 10.00. The molecule has 0 aromatic carbocycles. The van der Waals surface area contributed by atoms with Crippen LogP contribution in [-0.2, 0) is 0 Å². The zero-order valence-corrected chi connectivity index (χ0v) is 10.00. The van der Waals surface area contributed by atoms with Crippen molar-refractivity contribution >= 4 is 0 Å². The van der Waals surface area contributed by atoms with Crippen molar-refractivity contribution < 1.29 is 5.11 Å². The first kappa shape index (κ1) is 11.2. The highest BCUT2D eigenvalue weighted by Crippen LogP contribution is 2.56. The first-order valence-electron chi connectivity index (χ1n) is 6.58. The molecule has 0 bridgehead atoms. The Labute approximate surface area is 102 Å². The Morgan fingerprint density at radius 3 is 2.65 bits per heavy atom. The van der Waals surface area contributed by atoms with Crippen LogP contribution in [-0.4, -0.2) is 22.7 Å². The predicted molar refractivity (Wildman–Crippen MR) is 66.4 cm³/mol. The van der Waals surface area contributed by atoms with Gasteiger partial charge in [-0.1, -0.05) is 6.07 Å². The lowest BCUT2D eigenvalue weighted by Crippen LogP contribution is -2.32. The SMILES string of the molecule is NCC(c1ccccn1)C(O)C1CC2CC2C1. The van der Waals surface area contributed by atoms with Crippen molar-refractivity contribution in [2.75, 3.05) is 6.54 Å². The van der Waals surface area contributed by atoms with Gasteiger partial charge in [-0.3, -0.25) is 4.98 Å². The molecule has 0 radical (unpaired) electrons. The maximum atomic E-state index is 10.5. The van der Waals surface area contributed by atoms with E-state index in [-0.39, 0.29) is 12.0 Å². The average molecular weight is 232 g/mol. The van der Waals surface area contributed by atoms with Gasteiger partial charge >= 0.3 is 0 Å². The normalized spacial score (nSPS) is 34.1. The van der Waals surface area contributed by atoms with Gasteiger partial charge in [-0.15, -0.1) is 0 Å². The standard InChI is InChI=1S/C14H20N2O/c15-8-12(13-3-1-2-4-16-13)14(17)11-6-9-5-10(9)7-11/h1-4,9-12,14,17H,5-8,15H2. The van der Waals surface area contributed by atoms with Gasteiger partial charge in [0, 0.05) is 24.4 Å². The fourth-order valence-electron chi connectivity index (χ4n) is 3.40. The highest BCUT2D eigenvalue weighted by Gasteiger charge is 2.48. The van der Waals surface area contributed by atoms with Gasteiger partial charge in [0.2, 0.25) is 0 Å². The van der Waals surface area contributed by atoms with Crippen LogP contribution >= 0.6 is 0 Å². The summed E-state index contributed by atoms with van der Waals surface area (Å²) in [6, 6.07) is 5.83. The largest absolute Gasteiger partial charge is 0.392 e. The van der Waals surface area contributed by atoms with Gasteiger partial charge in [0.25, 0.3) is 0 Å². The van der Waals surface area contributed by atoms with Crippen LogP contribution < -0.4 is 5.73 Å². The van der Waals surface area contributed by atoms with Gasteiger partial charge in [0.05, 0.1) is 6.10 Å². The number of hydrogen-bond acceptors (Lipinski definition) is 3. The van der Waals surface area contributed by atoms with Crippen LogP contribution in [0.15, 0.2) is 24.4 Å². The molecular formula is C14H20N2O. The van der Waals surface area contributed by atoms with Gasteiger partial charge in [-0.2, -0.15) is 0 Å². The van der Waals surface area contributed by atoms with E-state index in [1.54, 1.807) is 6.20 Å². The van der Waals surface area contributed by atoms with Crippen LogP contribution in [0.2, 0.25) is 0 Å². The Kier molecular flexibility index (Phi) is 2.89. The monoisotopic (exact) mass is 232 g/mol. The van der Waals surface area contributed by atoms with Crippen LogP contribution in [0.5, 0.6) is 0 Å². The van der Waals surface area contributed by atoms with Crippen LogP contribution in [0.4, 0.5) is 0 Å². The molecule has 3 N–H and O–H groups in total. The first-order chi connectivity index (χ1) is 8.29. The third-order valence-electron chi connectivity index (χ3n) is 4.50. The number of hydrogen-bond donors (Lipinski definition) is 2. The molecule has 2 aliphatic rings. The van der Waals surface area contributed by atoms with E-state index >= 15 is 0 Å². The summed E-state index contributed by atoms with van der Waals surface area (Å²) >= 11 is 0. The van der Waals surface area contributed by atoms with Crippen molar-refractivity contribution in [2.45, 2.75) is 31.3 Å². The Hall–Kier alpha value is -0.930. The molecule has 2 fully saturated rings. The van der Waals surface area contributed by atoms with E-state index in [4.69, 9.17) is 5.73 Å². The molecule has 3 heteroatoms. The highest BCUT2D eigenvalue weighted by molar-refractivity contribution is 5.13.